The summed E-state index contributed by atoms with van der Waals surface area (Å²) in [6, 6.07) is 0. The second-order valence-electron chi connectivity index (χ2n) is 2.40. The number of hydrogen-bond donors (Lipinski definition) is 0. The Balaban J connectivity index is 2.52. The van der Waals surface area contributed by atoms with Crippen LogP contribution in [0.2, 0.25) is 0 Å². The molecule has 11 heavy (non-hydrogen) atoms. The average molecular weight is 233 g/mol. The van der Waals surface area contributed by atoms with Crippen LogP contribution in [0.4, 0.5) is 0 Å². The van der Waals surface area contributed by atoms with E-state index >= 15 is 0 Å². The number of amides is 1. The van der Waals surface area contributed by atoms with Crippen molar-refractivity contribution in [3.8, 4) is 0 Å². The quantitative estimate of drug-likeness (QED) is 0.680. The van der Waals surface area contributed by atoms with E-state index in [-0.39, 0.29) is 5.91 Å². The number of hydrogen-bond acceptors (Lipinski definition) is 3. The number of rotatable bonds is 0. The molecule has 1 aromatic rings. The third-order valence-electron chi connectivity index (χ3n) is 1.60. The minimum Gasteiger partial charge on any atom is -0.335 e. The summed E-state index contributed by atoms with van der Waals surface area (Å²) >= 11 is 4.64. The fourth-order valence-electron chi connectivity index (χ4n) is 1.07. The van der Waals surface area contributed by atoms with Gasteiger partial charge in [-0.1, -0.05) is 0 Å². The molecule has 1 amide bonds. The molecule has 0 atom stereocenters. The normalized spacial score (nSPS) is 15.8. The van der Waals surface area contributed by atoms with Gasteiger partial charge in [0.1, 0.15) is 4.88 Å². The molecular weight excluding hydrogens is 228 g/mol. The summed E-state index contributed by atoms with van der Waals surface area (Å²) < 4.78 is 0.795. The first-order chi connectivity index (χ1) is 5.18. The van der Waals surface area contributed by atoms with Crippen LogP contribution in [-0.2, 0) is 6.54 Å². The van der Waals surface area contributed by atoms with Crippen LogP contribution in [0.5, 0.6) is 0 Å². The summed E-state index contributed by atoms with van der Waals surface area (Å²) in [5, 5.41) is 0. The molecule has 0 bridgehead atoms. The van der Waals surface area contributed by atoms with Gasteiger partial charge in [-0.25, -0.2) is 4.98 Å². The first-order valence-corrected chi connectivity index (χ1v) is 4.70. The highest BCUT2D eigenvalue weighted by molar-refractivity contribution is 9.11. The first-order valence-electron chi connectivity index (χ1n) is 3.09. The number of halogens is 1. The van der Waals surface area contributed by atoms with E-state index in [1.165, 1.54) is 11.3 Å². The monoisotopic (exact) mass is 232 g/mol. The SMILES string of the molecule is CN1Cc2nc(Br)sc2C1=O. The predicted molar refractivity (Wildman–Crippen MR) is 45.6 cm³/mol. The molecule has 1 aliphatic heterocycles. The highest BCUT2D eigenvalue weighted by Gasteiger charge is 2.28. The molecular formula is C6H5BrN2OS. The van der Waals surface area contributed by atoms with Crippen LogP contribution in [0.3, 0.4) is 0 Å². The maximum atomic E-state index is 11.3. The lowest BCUT2D eigenvalue weighted by atomic mass is 10.4. The van der Waals surface area contributed by atoms with Crippen molar-refractivity contribution < 1.29 is 4.79 Å². The molecule has 2 rings (SSSR count). The van der Waals surface area contributed by atoms with E-state index < -0.39 is 0 Å². The molecule has 0 saturated carbocycles. The smallest absolute Gasteiger partial charge is 0.266 e. The number of carbonyl (C=O) groups is 1. The van der Waals surface area contributed by atoms with Gasteiger partial charge in [0.25, 0.3) is 5.91 Å². The van der Waals surface area contributed by atoms with E-state index in [2.05, 4.69) is 20.9 Å². The van der Waals surface area contributed by atoms with Gasteiger partial charge in [-0.3, -0.25) is 4.79 Å². The van der Waals surface area contributed by atoms with Crippen molar-refractivity contribution in [2.75, 3.05) is 7.05 Å². The van der Waals surface area contributed by atoms with Crippen LogP contribution in [0, 0.1) is 0 Å². The van der Waals surface area contributed by atoms with Gasteiger partial charge in [-0.15, -0.1) is 11.3 Å². The maximum absolute atomic E-state index is 11.3. The van der Waals surface area contributed by atoms with Crippen molar-refractivity contribution in [1.29, 1.82) is 0 Å². The van der Waals surface area contributed by atoms with Crippen molar-refractivity contribution >= 4 is 33.2 Å². The molecule has 0 unspecified atom stereocenters. The Labute approximate surface area is 76.2 Å². The Morgan fingerprint density at radius 3 is 3.09 bits per heavy atom. The zero-order valence-corrected chi connectivity index (χ0v) is 8.20. The molecule has 0 aromatic carbocycles. The predicted octanol–water partition coefficient (Wildman–Crippen LogP) is 1.49. The number of thiazole rings is 1. The second-order valence-corrected chi connectivity index (χ2v) is 4.68. The first kappa shape index (κ1) is 7.24. The Morgan fingerprint density at radius 2 is 2.45 bits per heavy atom. The summed E-state index contributed by atoms with van der Waals surface area (Å²) in [5.74, 6) is 0.0863. The van der Waals surface area contributed by atoms with Crippen molar-refractivity contribution in [2.45, 2.75) is 6.54 Å². The molecule has 0 N–H and O–H groups in total. The summed E-state index contributed by atoms with van der Waals surface area (Å²) in [6.45, 7) is 0.649. The lowest BCUT2D eigenvalue weighted by molar-refractivity contribution is 0.0819. The third kappa shape index (κ3) is 0.990. The fourth-order valence-corrected chi connectivity index (χ4v) is 2.56. The molecule has 3 nitrogen and oxygen atoms in total. The van der Waals surface area contributed by atoms with Gasteiger partial charge in [0.15, 0.2) is 3.92 Å². The van der Waals surface area contributed by atoms with Crippen molar-refractivity contribution in [1.82, 2.24) is 9.88 Å². The molecule has 0 saturated heterocycles. The molecule has 0 radical (unpaired) electrons. The van der Waals surface area contributed by atoms with Crippen LogP contribution in [0.15, 0.2) is 3.92 Å². The van der Waals surface area contributed by atoms with E-state index in [0.717, 1.165) is 14.5 Å². The third-order valence-corrected chi connectivity index (χ3v) is 3.14. The van der Waals surface area contributed by atoms with Crippen molar-refractivity contribution in [2.24, 2.45) is 0 Å². The Kier molecular flexibility index (Phi) is 1.50. The molecule has 0 aliphatic carbocycles. The topological polar surface area (TPSA) is 33.2 Å². The van der Waals surface area contributed by atoms with E-state index in [9.17, 15) is 4.79 Å². The number of aromatic nitrogens is 1. The van der Waals surface area contributed by atoms with E-state index in [1.54, 1.807) is 11.9 Å². The minimum absolute atomic E-state index is 0.0863. The second kappa shape index (κ2) is 2.28. The Hall–Kier alpha value is -0.420. The summed E-state index contributed by atoms with van der Waals surface area (Å²) in [5.41, 5.74) is 0.898. The molecule has 1 aromatic heterocycles. The van der Waals surface area contributed by atoms with Gasteiger partial charge in [0.2, 0.25) is 0 Å². The van der Waals surface area contributed by atoms with Gasteiger partial charge < -0.3 is 4.90 Å². The van der Waals surface area contributed by atoms with E-state index in [0.29, 0.717) is 6.54 Å². The van der Waals surface area contributed by atoms with Gasteiger partial charge in [0.05, 0.1) is 12.2 Å². The van der Waals surface area contributed by atoms with Crippen LogP contribution in [-0.4, -0.2) is 22.8 Å². The van der Waals surface area contributed by atoms with Crippen LogP contribution in [0.25, 0.3) is 0 Å². The molecule has 0 fully saturated rings. The highest BCUT2D eigenvalue weighted by Crippen LogP contribution is 2.29. The zero-order valence-electron chi connectivity index (χ0n) is 5.80. The number of carbonyl (C=O) groups excluding carboxylic acids is 1. The van der Waals surface area contributed by atoms with Gasteiger partial charge >= 0.3 is 0 Å². The van der Waals surface area contributed by atoms with Crippen LogP contribution in [0.1, 0.15) is 15.4 Å². The highest BCUT2D eigenvalue weighted by atomic mass is 79.9. The Bertz CT molecular complexity index is 322. The van der Waals surface area contributed by atoms with Gasteiger partial charge in [-0.2, -0.15) is 0 Å². The Morgan fingerprint density at radius 1 is 1.73 bits per heavy atom. The summed E-state index contributed by atoms with van der Waals surface area (Å²) in [6.07, 6.45) is 0. The zero-order chi connectivity index (χ0) is 8.01. The summed E-state index contributed by atoms with van der Waals surface area (Å²) in [7, 11) is 1.78. The maximum Gasteiger partial charge on any atom is 0.266 e. The standard InChI is InChI=1S/C6H5BrN2OS/c1-9-2-3-4(5(9)10)11-6(7)8-3/h2H2,1H3. The van der Waals surface area contributed by atoms with E-state index in [1.807, 2.05) is 0 Å². The van der Waals surface area contributed by atoms with Gasteiger partial charge in [-0.05, 0) is 15.9 Å². The minimum atomic E-state index is 0.0863. The molecule has 5 heteroatoms. The fraction of sp³-hybridized carbons (Fsp3) is 0.333. The average Bonchev–Trinajstić information content (AvgIpc) is 2.37. The number of fused-ring (bicyclic) bond motifs is 1. The van der Waals surface area contributed by atoms with Crippen molar-refractivity contribution in [3.05, 3.63) is 14.5 Å². The molecule has 0 spiro atoms. The van der Waals surface area contributed by atoms with Crippen molar-refractivity contribution in [3.63, 3.8) is 0 Å². The van der Waals surface area contributed by atoms with Gasteiger partial charge in [0, 0.05) is 7.05 Å². The summed E-state index contributed by atoms with van der Waals surface area (Å²) in [4.78, 5) is 17.9. The van der Waals surface area contributed by atoms with Crippen LogP contribution >= 0.6 is 27.3 Å². The number of nitrogens with zero attached hydrogens (tertiary/aromatic N) is 2. The van der Waals surface area contributed by atoms with Crippen LogP contribution < -0.4 is 0 Å². The van der Waals surface area contributed by atoms with E-state index in [4.69, 9.17) is 0 Å². The largest absolute Gasteiger partial charge is 0.335 e. The molecule has 58 valence electrons. The molecule has 2 heterocycles. The lowest BCUT2D eigenvalue weighted by Crippen LogP contribution is -2.17. The molecule has 1 aliphatic rings. The lowest BCUT2D eigenvalue weighted by Gasteiger charge is -2.04.